The summed E-state index contributed by atoms with van der Waals surface area (Å²) in [6.45, 7) is 0. The number of hydrogen-bond acceptors (Lipinski definition) is 5. The van der Waals surface area contributed by atoms with Crippen LogP contribution < -0.4 is 15.2 Å². The second-order valence-electron chi connectivity index (χ2n) is 5.08. The fourth-order valence-electron chi connectivity index (χ4n) is 2.36. The highest BCUT2D eigenvalue weighted by Gasteiger charge is 2.27. The molecule has 2 N–H and O–H groups in total. The van der Waals surface area contributed by atoms with E-state index in [1.54, 1.807) is 14.2 Å². The molecule has 0 aliphatic heterocycles. The Kier molecular flexibility index (Phi) is 3.26. The standard InChI is InChI=1S/C15H18N2O3/c1-18-11-6-5-10(8-12(11)19-2)14-13(7-9-3-4-9)20-17-15(14)16/h5-6,8-9H,3-4,7H2,1-2H3,(H2,16,17). The van der Waals surface area contributed by atoms with Crippen molar-refractivity contribution >= 4 is 5.82 Å². The van der Waals surface area contributed by atoms with Crippen LogP contribution in [0.3, 0.4) is 0 Å². The van der Waals surface area contributed by atoms with Gasteiger partial charge in [0.15, 0.2) is 17.3 Å². The number of rotatable bonds is 5. The number of aromatic nitrogens is 1. The Hall–Kier alpha value is -2.17. The molecule has 5 nitrogen and oxygen atoms in total. The molecule has 1 aromatic heterocycles. The third-order valence-electron chi connectivity index (χ3n) is 3.63. The van der Waals surface area contributed by atoms with Gasteiger partial charge < -0.3 is 19.7 Å². The Morgan fingerprint density at radius 1 is 1.25 bits per heavy atom. The topological polar surface area (TPSA) is 70.5 Å². The van der Waals surface area contributed by atoms with Crippen LogP contribution in [0.2, 0.25) is 0 Å². The zero-order valence-electron chi connectivity index (χ0n) is 11.7. The Balaban J connectivity index is 2.01. The van der Waals surface area contributed by atoms with Gasteiger partial charge in [-0.05, 0) is 36.5 Å². The van der Waals surface area contributed by atoms with Crippen molar-refractivity contribution in [2.24, 2.45) is 5.92 Å². The fourth-order valence-corrected chi connectivity index (χ4v) is 2.36. The smallest absolute Gasteiger partial charge is 0.175 e. The molecule has 5 heteroatoms. The van der Waals surface area contributed by atoms with Crippen molar-refractivity contribution in [3.05, 3.63) is 24.0 Å². The molecule has 1 aliphatic carbocycles. The van der Waals surface area contributed by atoms with Crippen molar-refractivity contribution in [3.63, 3.8) is 0 Å². The summed E-state index contributed by atoms with van der Waals surface area (Å²) in [5.41, 5.74) is 7.77. The maximum Gasteiger partial charge on any atom is 0.175 e. The first-order chi connectivity index (χ1) is 9.72. The van der Waals surface area contributed by atoms with E-state index in [1.165, 1.54) is 12.8 Å². The average Bonchev–Trinajstić information content (AvgIpc) is 3.21. The zero-order chi connectivity index (χ0) is 14.1. The first kappa shape index (κ1) is 12.8. The molecule has 1 heterocycles. The quantitative estimate of drug-likeness (QED) is 0.907. The van der Waals surface area contributed by atoms with Gasteiger partial charge in [0.2, 0.25) is 0 Å². The third kappa shape index (κ3) is 2.31. The first-order valence-corrected chi connectivity index (χ1v) is 6.69. The van der Waals surface area contributed by atoms with Crippen LogP contribution in [0.5, 0.6) is 11.5 Å². The van der Waals surface area contributed by atoms with Crippen molar-refractivity contribution in [1.82, 2.24) is 5.16 Å². The van der Waals surface area contributed by atoms with Crippen molar-refractivity contribution in [2.75, 3.05) is 20.0 Å². The normalized spacial score (nSPS) is 14.3. The molecule has 1 fully saturated rings. The lowest BCUT2D eigenvalue weighted by atomic mass is 10.0. The Bertz CT molecular complexity index is 618. The van der Waals surface area contributed by atoms with E-state index in [1.807, 2.05) is 18.2 Å². The molecule has 1 saturated carbocycles. The summed E-state index contributed by atoms with van der Waals surface area (Å²) >= 11 is 0. The summed E-state index contributed by atoms with van der Waals surface area (Å²) in [7, 11) is 3.23. The monoisotopic (exact) mass is 274 g/mol. The van der Waals surface area contributed by atoms with E-state index in [4.69, 9.17) is 19.7 Å². The zero-order valence-corrected chi connectivity index (χ0v) is 11.7. The number of ether oxygens (including phenoxy) is 2. The van der Waals surface area contributed by atoms with E-state index in [9.17, 15) is 0 Å². The van der Waals surface area contributed by atoms with E-state index in [2.05, 4.69) is 5.16 Å². The fraction of sp³-hybridized carbons (Fsp3) is 0.400. The summed E-state index contributed by atoms with van der Waals surface area (Å²) in [5, 5.41) is 3.90. The number of nitrogen functional groups attached to an aromatic ring is 1. The summed E-state index contributed by atoms with van der Waals surface area (Å²) < 4.78 is 16.0. The van der Waals surface area contributed by atoms with Gasteiger partial charge in [-0.3, -0.25) is 0 Å². The molecule has 0 saturated heterocycles. The number of nitrogens with zero attached hydrogens (tertiary/aromatic N) is 1. The van der Waals surface area contributed by atoms with Gasteiger partial charge in [-0.15, -0.1) is 0 Å². The average molecular weight is 274 g/mol. The molecule has 0 atom stereocenters. The van der Waals surface area contributed by atoms with E-state index in [0.717, 1.165) is 23.3 Å². The van der Waals surface area contributed by atoms with Gasteiger partial charge in [0.1, 0.15) is 5.76 Å². The van der Waals surface area contributed by atoms with Crippen LogP contribution in [0, 0.1) is 5.92 Å². The lowest BCUT2D eigenvalue weighted by molar-refractivity contribution is 0.355. The van der Waals surface area contributed by atoms with Crippen molar-refractivity contribution in [3.8, 4) is 22.6 Å². The molecular formula is C15H18N2O3. The molecule has 0 spiro atoms. The molecule has 0 bridgehead atoms. The second-order valence-corrected chi connectivity index (χ2v) is 5.08. The molecule has 0 amide bonds. The van der Waals surface area contributed by atoms with Gasteiger partial charge in [-0.1, -0.05) is 11.2 Å². The highest BCUT2D eigenvalue weighted by Crippen LogP contribution is 2.40. The van der Waals surface area contributed by atoms with Crippen LogP contribution in [0.4, 0.5) is 5.82 Å². The predicted octanol–water partition coefficient (Wildman–Crippen LogP) is 2.89. The number of methoxy groups -OCH3 is 2. The molecule has 1 aromatic carbocycles. The minimum atomic E-state index is 0.424. The SMILES string of the molecule is COc1ccc(-c2c(N)noc2CC2CC2)cc1OC. The van der Waals surface area contributed by atoms with E-state index >= 15 is 0 Å². The third-order valence-corrected chi connectivity index (χ3v) is 3.63. The number of benzene rings is 1. The van der Waals surface area contributed by atoms with Gasteiger partial charge >= 0.3 is 0 Å². The number of nitrogens with two attached hydrogens (primary N) is 1. The van der Waals surface area contributed by atoms with Crippen LogP contribution in [0.25, 0.3) is 11.1 Å². The van der Waals surface area contributed by atoms with Gasteiger partial charge in [-0.2, -0.15) is 0 Å². The summed E-state index contributed by atoms with van der Waals surface area (Å²) in [6, 6.07) is 5.71. The van der Waals surface area contributed by atoms with Gasteiger partial charge in [0, 0.05) is 6.42 Å². The van der Waals surface area contributed by atoms with Gasteiger partial charge in [0.05, 0.1) is 19.8 Å². The van der Waals surface area contributed by atoms with Crippen LogP contribution in [0.1, 0.15) is 18.6 Å². The van der Waals surface area contributed by atoms with Crippen molar-refractivity contribution in [2.45, 2.75) is 19.3 Å². The summed E-state index contributed by atoms with van der Waals surface area (Å²) in [6.07, 6.45) is 3.41. The van der Waals surface area contributed by atoms with E-state index < -0.39 is 0 Å². The van der Waals surface area contributed by atoms with Crippen LogP contribution in [-0.2, 0) is 6.42 Å². The summed E-state index contributed by atoms with van der Waals surface area (Å²) in [4.78, 5) is 0. The molecule has 106 valence electrons. The molecular weight excluding hydrogens is 256 g/mol. The molecule has 3 rings (SSSR count). The minimum absolute atomic E-state index is 0.424. The molecule has 2 aromatic rings. The Morgan fingerprint density at radius 3 is 2.65 bits per heavy atom. The largest absolute Gasteiger partial charge is 0.493 e. The maximum atomic E-state index is 5.95. The lowest BCUT2D eigenvalue weighted by Crippen LogP contribution is -1.94. The van der Waals surface area contributed by atoms with Gasteiger partial charge in [0.25, 0.3) is 0 Å². The predicted molar refractivity (Wildman–Crippen MR) is 75.9 cm³/mol. The molecule has 20 heavy (non-hydrogen) atoms. The van der Waals surface area contributed by atoms with Crippen LogP contribution in [-0.4, -0.2) is 19.4 Å². The van der Waals surface area contributed by atoms with Crippen molar-refractivity contribution in [1.29, 1.82) is 0 Å². The molecule has 0 unspecified atom stereocenters. The van der Waals surface area contributed by atoms with Crippen LogP contribution >= 0.6 is 0 Å². The van der Waals surface area contributed by atoms with Crippen molar-refractivity contribution < 1.29 is 14.0 Å². The minimum Gasteiger partial charge on any atom is -0.493 e. The molecule has 1 aliphatic rings. The number of hydrogen-bond donors (Lipinski definition) is 1. The highest BCUT2D eigenvalue weighted by atomic mass is 16.5. The van der Waals surface area contributed by atoms with Crippen LogP contribution in [0.15, 0.2) is 22.7 Å². The van der Waals surface area contributed by atoms with E-state index in [0.29, 0.717) is 23.2 Å². The highest BCUT2D eigenvalue weighted by molar-refractivity contribution is 5.77. The summed E-state index contributed by atoms with van der Waals surface area (Å²) in [5.74, 6) is 3.35. The Labute approximate surface area is 117 Å². The Morgan fingerprint density at radius 2 is 2.00 bits per heavy atom. The second kappa shape index (κ2) is 5.07. The van der Waals surface area contributed by atoms with Gasteiger partial charge in [-0.25, -0.2) is 0 Å². The number of anilines is 1. The maximum absolute atomic E-state index is 5.95. The van der Waals surface area contributed by atoms with E-state index in [-0.39, 0.29) is 0 Å². The molecule has 0 radical (unpaired) electrons. The lowest BCUT2D eigenvalue weighted by Gasteiger charge is -2.09. The first-order valence-electron chi connectivity index (χ1n) is 6.69.